The number of likely N-dealkylation sites (N-methyl/N-ethyl adjacent to an activating group) is 1. The highest BCUT2D eigenvalue weighted by Crippen LogP contribution is 2.14. The normalized spacial score (nSPS) is 21.3. The summed E-state index contributed by atoms with van der Waals surface area (Å²) in [5.41, 5.74) is 0.824. The van der Waals surface area contributed by atoms with Gasteiger partial charge in [0.05, 0.1) is 5.75 Å². The first-order valence-corrected chi connectivity index (χ1v) is 7.78. The van der Waals surface area contributed by atoms with Gasteiger partial charge in [-0.1, -0.05) is 6.07 Å². The van der Waals surface area contributed by atoms with Crippen LogP contribution in [-0.4, -0.2) is 49.6 Å². The van der Waals surface area contributed by atoms with Gasteiger partial charge in [0.25, 0.3) is 0 Å². The molecular formula is C12H19N3O2S. The number of aromatic nitrogens is 1. The average molecular weight is 269 g/mol. The van der Waals surface area contributed by atoms with Crippen LogP contribution in [0.3, 0.4) is 0 Å². The van der Waals surface area contributed by atoms with E-state index in [4.69, 9.17) is 0 Å². The Morgan fingerprint density at radius 3 is 2.94 bits per heavy atom. The van der Waals surface area contributed by atoms with Gasteiger partial charge in [-0.2, -0.15) is 0 Å². The Hall–Kier alpha value is -0.980. The zero-order chi connectivity index (χ0) is 13.0. The highest BCUT2D eigenvalue weighted by molar-refractivity contribution is 7.89. The van der Waals surface area contributed by atoms with E-state index in [2.05, 4.69) is 10.3 Å². The topological polar surface area (TPSA) is 62.3 Å². The molecule has 1 unspecified atom stereocenters. The SMILES string of the molecule is CNC1CCN(S(=O)(=O)CCc2ccccn2)C1. The second-order valence-corrected chi connectivity index (χ2v) is 6.61. The molecular weight excluding hydrogens is 250 g/mol. The van der Waals surface area contributed by atoms with Gasteiger partial charge < -0.3 is 5.32 Å². The van der Waals surface area contributed by atoms with Crippen molar-refractivity contribution in [3.8, 4) is 0 Å². The third-order valence-electron chi connectivity index (χ3n) is 3.29. The monoisotopic (exact) mass is 269 g/mol. The summed E-state index contributed by atoms with van der Waals surface area (Å²) in [6.45, 7) is 1.21. The molecule has 0 aromatic carbocycles. The van der Waals surface area contributed by atoms with Gasteiger partial charge in [-0.15, -0.1) is 0 Å². The number of hydrogen-bond acceptors (Lipinski definition) is 4. The van der Waals surface area contributed by atoms with Crippen molar-refractivity contribution in [3.63, 3.8) is 0 Å². The van der Waals surface area contributed by atoms with Crippen LogP contribution in [0, 0.1) is 0 Å². The molecule has 2 heterocycles. The van der Waals surface area contributed by atoms with Crippen LogP contribution < -0.4 is 5.32 Å². The molecule has 5 nitrogen and oxygen atoms in total. The molecule has 0 bridgehead atoms. The van der Waals surface area contributed by atoms with Crippen molar-refractivity contribution in [2.45, 2.75) is 18.9 Å². The standard InChI is InChI=1S/C12H19N3O2S/c1-13-12-5-8-15(10-12)18(16,17)9-6-11-4-2-3-7-14-11/h2-4,7,12-13H,5-6,8-10H2,1H3. The van der Waals surface area contributed by atoms with Gasteiger partial charge in [0.15, 0.2) is 0 Å². The molecule has 0 spiro atoms. The van der Waals surface area contributed by atoms with Crippen molar-refractivity contribution in [3.05, 3.63) is 30.1 Å². The third kappa shape index (κ3) is 3.28. The van der Waals surface area contributed by atoms with E-state index in [9.17, 15) is 8.42 Å². The summed E-state index contributed by atoms with van der Waals surface area (Å²) in [5.74, 6) is 0.139. The van der Waals surface area contributed by atoms with Gasteiger partial charge in [-0.05, 0) is 25.6 Å². The summed E-state index contributed by atoms with van der Waals surface area (Å²) < 4.78 is 25.9. The lowest BCUT2D eigenvalue weighted by Crippen LogP contribution is -2.35. The fraction of sp³-hybridized carbons (Fsp3) is 0.583. The molecule has 1 aliphatic heterocycles. The van der Waals surface area contributed by atoms with Gasteiger partial charge in [-0.25, -0.2) is 12.7 Å². The Balaban J connectivity index is 1.92. The number of pyridine rings is 1. The maximum atomic E-state index is 12.1. The fourth-order valence-corrected chi connectivity index (χ4v) is 3.64. The van der Waals surface area contributed by atoms with Crippen LogP contribution in [0.4, 0.5) is 0 Å². The fourth-order valence-electron chi connectivity index (χ4n) is 2.13. The molecule has 0 aliphatic carbocycles. The Kier molecular flexibility index (Phi) is 4.31. The lowest BCUT2D eigenvalue weighted by Gasteiger charge is -2.16. The summed E-state index contributed by atoms with van der Waals surface area (Å²) in [6, 6.07) is 5.85. The molecule has 1 saturated heterocycles. The maximum absolute atomic E-state index is 12.1. The van der Waals surface area contributed by atoms with Crippen LogP contribution in [0.5, 0.6) is 0 Å². The molecule has 100 valence electrons. The van der Waals surface area contributed by atoms with E-state index in [0.717, 1.165) is 12.1 Å². The van der Waals surface area contributed by atoms with E-state index in [0.29, 0.717) is 19.5 Å². The van der Waals surface area contributed by atoms with Crippen LogP contribution in [0.15, 0.2) is 24.4 Å². The Bertz CT molecular complexity index is 475. The summed E-state index contributed by atoms with van der Waals surface area (Å²) >= 11 is 0. The summed E-state index contributed by atoms with van der Waals surface area (Å²) in [6.07, 6.45) is 3.05. The molecule has 1 aliphatic rings. The van der Waals surface area contributed by atoms with Crippen molar-refractivity contribution < 1.29 is 8.42 Å². The molecule has 1 N–H and O–H groups in total. The number of nitrogens with one attached hydrogen (secondary N) is 1. The van der Waals surface area contributed by atoms with Crippen LogP contribution in [0.25, 0.3) is 0 Å². The molecule has 0 saturated carbocycles. The summed E-state index contributed by atoms with van der Waals surface area (Å²) in [5, 5.41) is 3.12. The van der Waals surface area contributed by atoms with Gasteiger partial charge >= 0.3 is 0 Å². The third-order valence-corrected chi connectivity index (χ3v) is 5.13. The minimum Gasteiger partial charge on any atom is -0.316 e. The number of hydrogen-bond donors (Lipinski definition) is 1. The lowest BCUT2D eigenvalue weighted by atomic mass is 10.3. The molecule has 0 amide bonds. The van der Waals surface area contributed by atoms with Crippen LogP contribution >= 0.6 is 0 Å². The zero-order valence-corrected chi connectivity index (χ0v) is 11.4. The largest absolute Gasteiger partial charge is 0.316 e. The minimum atomic E-state index is -3.15. The van der Waals surface area contributed by atoms with Crippen molar-refractivity contribution in [2.75, 3.05) is 25.9 Å². The highest BCUT2D eigenvalue weighted by Gasteiger charge is 2.30. The van der Waals surface area contributed by atoms with Crippen LogP contribution in [-0.2, 0) is 16.4 Å². The van der Waals surface area contributed by atoms with Crippen LogP contribution in [0.2, 0.25) is 0 Å². The van der Waals surface area contributed by atoms with Crippen molar-refractivity contribution in [1.29, 1.82) is 0 Å². The predicted octanol–water partition coefficient (Wildman–Crippen LogP) is 0.248. The van der Waals surface area contributed by atoms with E-state index >= 15 is 0 Å². The first kappa shape index (κ1) is 13.5. The molecule has 1 fully saturated rings. The van der Waals surface area contributed by atoms with E-state index in [1.165, 1.54) is 0 Å². The lowest BCUT2D eigenvalue weighted by molar-refractivity contribution is 0.464. The minimum absolute atomic E-state index is 0.139. The van der Waals surface area contributed by atoms with Gasteiger partial charge in [-0.3, -0.25) is 4.98 Å². The van der Waals surface area contributed by atoms with E-state index < -0.39 is 10.0 Å². The van der Waals surface area contributed by atoms with Crippen molar-refractivity contribution in [2.24, 2.45) is 0 Å². The smallest absolute Gasteiger partial charge is 0.214 e. The van der Waals surface area contributed by atoms with Crippen LogP contribution in [0.1, 0.15) is 12.1 Å². The zero-order valence-electron chi connectivity index (χ0n) is 10.5. The number of rotatable bonds is 5. The number of nitrogens with zero attached hydrogens (tertiary/aromatic N) is 2. The second kappa shape index (κ2) is 5.77. The molecule has 0 radical (unpaired) electrons. The van der Waals surface area contributed by atoms with E-state index in [1.54, 1.807) is 10.5 Å². The van der Waals surface area contributed by atoms with E-state index in [-0.39, 0.29) is 11.8 Å². The number of aryl methyl sites for hydroxylation is 1. The molecule has 1 aromatic heterocycles. The van der Waals surface area contributed by atoms with E-state index in [1.807, 2.05) is 25.2 Å². The average Bonchev–Trinajstić information content (AvgIpc) is 2.87. The Morgan fingerprint density at radius 1 is 1.50 bits per heavy atom. The van der Waals surface area contributed by atoms with Gasteiger partial charge in [0.2, 0.25) is 10.0 Å². The molecule has 1 aromatic rings. The highest BCUT2D eigenvalue weighted by atomic mass is 32.2. The number of sulfonamides is 1. The Morgan fingerprint density at radius 2 is 2.33 bits per heavy atom. The maximum Gasteiger partial charge on any atom is 0.214 e. The predicted molar refractivity (Wildman–Crippen MR) is 70.8 cm³/mol. The molecule has 6 heteroatoms. The van der Waals surface area contributed by atoms with Gasteiger partial charge in [0.1, 0.15) is 0 Å². The van der Waals surface area contributed by atoms with Gasteiger partial charge in [0, 0.05) is 37.4 Å². The molecule has 18 heavy (non-hydrogen) atoms. The second-order valence-electron chi connectivity index (χ2n) is 4.52. The quantitative estimate of drug-likeness (QED) is 0.832. The first-order chi connectivity index (χ1) is 8.62. The summed E-state index contributed by atoms with van der Waals surface area (Å²) in [4.78, 5) is 4.14. The van der Waals surface area contributed by atoms with Crippen molar-refractivity contribution >= 4 is 10.0 Å². The summed E-state index contributed by atoms with van der Waals surface area (Å²) in [7, 11) is -1.28. The molecule has 2 rings (SSSR count). The first-order valence-electron chi connectivity index (χ1n) is 6.17. The Labute approximate surface area is 108 Å². The molecule has 1 atom stereocenters. The van der Waals surface area contributed by atoms with Crippen molar-refractivity contribution in [1.82, 2.24) is 14.6 Å².